The molecule has 0 spiro atoms. The van der Waals surface area contributed by atoms with Crippen molar-refractivity contribution in [2.45, 2.75) is 13.8 Å². The van der Waals surface area contributed by atoms with E-state index in [1.54, 1.807) is 13.8 Å². The normalized spacial score (nSPS) is 10.1. The molecule has 0 heterocycles. The van der Waals surface area contributed by atoms with Crippen LogP contribution >= 0.6 is 11.6 Å². The van der Waals surface area contributed by atoms with Crippen LogP contribution in [0.2, 0.25) is 0 Å². The molecule has 9 heavy (non-hydrogen) atoms. The van der Waals surface area contributed by atoms with Gasteiger partial charge in [0.15, 0.2) is 0 Å². The molecule has 0 rings (SSSR count). The third kappa shape index (κ3) is 4.20. The Morgan fingerprint density at radius 2 is 2.00 bits per heavy atom. The van der Waals surface area contributed by atoms with Crippen molar-refractivity contribution < 1.29 is 9.90 Å². The molecule has 1 N–H and O–H groups in total. The summed E-state index contributed by atoms with van der Waals surface area (Å²) in [5.41, 5.74) is -0.776. The van der Waals surface area contributed by atoms with Crippen molar-refractivity contribution in [1.29, 1.82) is 0 Å². The van der Waals surface area contributed by atoms with Crippen LogP contribution in [0.25, 0.3) is 0 Å². The second-order valence-corrected chi connectivity index (χ2v) is 2.59. The molecule has 0 saturated heterocycles. The summed E-state index contributed by atoms with van der Waals surface area (Å²) in [6.45, 7) is 3.17. The first kappa shape index (κ1) is 12.4. The van der Waals surface area contributed by atoms with Gasteiger partial charge in [-0.1, -0.05) is 0 Å². The third-order valence-electron chi connectivity index (χ3n) is 0.913. The Kier molecular flexibility index (Phi) is 6.30. The number of alkyl halides is 1. The van der Waals surface area contributed by atoms with E-state index in [9.17, 15) is 4.79 Å². The van der Waals surface area contributed by atoms with E-state index in [0.29, 0.717) is 0 Å². The second kappa shape index (κ2) is 4.56. The van der Waals surface area contributed by atoms with Crippen LogP contribution in [-0.4, -0.2) is 46.5 Å². The zero-order chi connectivity index (χ0) is 6.78. The third-order valence-corrected chi connectivity index (χ3v) is 1.58. The fourth-order valence-corrected chi connectivity index (χ4v) is 0.171. The topological polar surface area (TPSA) is 37.3 Å². The monoisotopic (exact) mass is 160 g/mol. The van der Waals surface area contributed by atoms with Crippen molar-refractivity contribution in [3.8, 4) is 0 Å². The minimum atomic E-state index is -0.854. The number of hydrogen-bond acceptors (Lipinski definition) is 1. The first-order valence-electron chi connectivity index (χ1n) is 2.30. The maximum absolute atomic E-state index is 10.2. The number of aliphatic carboxylic acids is 1. The van der Waals surface area contributed by atoms with Crippen molar-refractivity contribution in [1.82, 2.24) is 0 Å². The van der Waals surface area contributed by atoms with Crippen molar-refractivity contribution in [3.63, 3.8) is 0 Å². The predicted molar refractivity (Wildman–Crippen MR) is 39.3 cm³/mol. The Bertz CT molecular complexity index is 103. The van der Waals surface area contributed by atoms with Crippen molar-refractivity contribution in [2.24, 2.45) is 5.41 Å². The number of hydrogen-bond donors (Lipinski definition) is 1. The molecular weight excluding hydrogens is 150 g/mol. The SMILES string of the molecule is CC(C)(CCl)C(=O)O.[NaH]. The van der Waals surface area contributed by atoms with Crippen molar-refractivity contribution in [2.75, 3.05) is 5.88 Å². The number of halogens is 1. The summed E-state index contributed by atoms with van der Waals surface area (Å²) >= 11 is 5.31. The van der Waals surface area contributed by atoms with Crippen LogP contribution < -0.4 is 0 Å². The summed E-state index contributed by atoms with van der Waals surface area (Å²) in [4.78, 5) is 10.2. The van der Waals surface area contributed by atoms with E-state index in [1.807, 2.05) is 0 Å². The quantitative estimate of drug-likeness (QED) is 0.477. The zero-order valence-electron chi connectivity index (χ0n) is 4.94. The van der Waals surface area contributed by atoms with Gasteiger partial charge in [0.05, 0.1) is 5.41 Å². The van der Waals surface area contributed by atoms with Crippen molar-refractivity contribution >= 4 is 47.1 Å². The molecular formula is C5H10ClNaO2. The summed E-state index contributed by atoms with van der Waals surface area (Å²) in [5.74, 6) is -0.699. The van der Waals surface area contributed by atoms with Gasteiger partial charge in [-0.05, 0) is 13.8 Å². The van der Waals surface area contributed by atoms with Gasteiger partial charge < -0.3 is 5.11 Å². The Morgan fingerprint density at radius 1 is 1.67 bits per heavy atom. The van der Waals surface area contributed by atoms with Gasteiger partial charge in [-0.2, -0.15) is 0 Å². The number of carboxylic acid groups (broad SMARTS) is 1. The van der Waals surface area contributed by atoms with Gasteiger partial charge in [-0.25, -0.2) is 0 Å². The van der Waals surface area contributed by atoms with E-state index in [4.69, 9.17) is 16.7 Å². The van der Waals surface area contributed by atoms with Gasteiger partial charge in [-0.3, -0.25) is 4.79 Å². The number of carboxylic acids is 1. The molecule has 0 fully saturated rings. The molecule has 0 aromatic carbocycles. The van der Waals surface area contributed by atoms with Crippen LogP contribution in [0.5, 0.6) is 0 Å². The Hall–Kier alpha value is 0.760. The van der Waals surface area contributed by atoms with Gasteiger partial charge >= 0.3 is 35.5 Å². The Labute approximate surface area is 81.9 Å². The standard InChI is InChI=1S/C5H9ClO2.Na.H/c1-5(2,3-6)4(7)8;;/h3H2,1-2H3,(H,7,8);;. The molecule has 0 bridgehead atoms. The van der Waals surface area contributed by atoms with Crippen LogP contribution in [0, 0.1) is 5.41 Å². The molecule has 4 heteroatoms. The van der Waals surface area contributed by atoms with E-state index in [2.05, 4.69) is 0 Å². The van der Waals surface area contributed by atoms with Gasteiger partial charge in [0.25, 0.3) is 0 Å². The van der Waals surface area contributed by atoms with E-state index < -0.39 is 11.4 Å². The molecule has 0 radical (unpaired) electrons. The average molecular weight is 161 g/mol. The van der Waals surface area contributed by atoms with E-state index in [0.717, 1.165) is 0 Å². The minimum absolute atomic E-state index is 0. The van der Waals surface area contributed by atoms with Crippen LogP contribution in [0.15, 0.2) is 0 Å². The Morgan fingerprint density at radius 3 is 2.00 bits per heavy atom. The van der Waals surface area contributed by atoms with Crippen LogP contribution in [0.4, 0.5) is 0 Å². The first-order valence-corrected chi connectivity index (χ1v) is 2.83. The van der Waals surface area contributed by atoms with Crippen LogP contribution in [-0.2, 0) is 4.79 Å². The summed E-state index contributed by atoms with van der Waals surface area (Å²) in [6.07, 6.45) is 0. The maximum atomic E-state index is 10.2. The van der Waals surface area contributed by atoms with E-state index >= 15 is 0 Å². The fourth-order valence-electron chi connectivity index (χ4n) is 0.0572. The summed E-state index contributed by atoms with van der Waals surface area (Å²) in [5, 5.41) is 8.36. The Balaban J connectivity index is 0. The van der Waals surface area contributed by atoms with Gasteiger partial charge in [-0.15, -0.1) is 11.6 Å². The van der Waals surface area contributed by atoms with Crippen molar-refractivity contribution in [3.05, 3.63) is 0 Å². The second-order valence-electron chi connectivity index (χ2n) is 2.32. The molecule has 0 amide bonds. The molecule has 2 nitrogen and oxygen atoms in total. The summed E-state index contributed by atoms with van der Waals surface area (Å²) in [7, 11) is 0. The van der Waals surface area contributed by atoms with Gasteiger partial charge in [0.2, 0.25) is 0 Å². The van der Waals surface area contributed by atoms with Crippen LogP contribution in [0.3, 0.4) is 0 Å². The molecule has 0 unspecified atom stereocenters. The average Bonchev–Trinajstić information content (AvgIpc) is 1.67. The molecule has 50 valence electrons. The molecule has 0 aromatic rings. The molecule has 0 aromatic heterocycles. The predicted octanol–water partition coefficient (Wildman–Crippen LogP) is 0.688. The van der Waals surface area contributed by atoms with Gasteiger partial charge in [0.1, 0.15) is 0 Å². The number of rotatable bonds is 2. The summed E-state index contributed by atoms with van der Waals surface area (Å²) < 4.78 is 0. The molecule has 0 atom stereocenters. The first-order chi connectivity index (χ1) is 3.50. The van der Waals surface area contributed by atoms with Gasteiger partial charge in [0, 0.05) is 5.88 Å². The molecule has 0 aliphatic heterocycles. The molecule has 0 aliphatic rings. The van der Waals surface area contributed by atoms with E-state index in [-0.39, 0.29) is 35.4 Å². The summed E-state index contributed by atoms with van der Waals surface area (Å²) in [6, 6.07) is 0. The number of carbonyl (C=O) groups is 1. The zero-order valence-corrected chi connectivity index (χ0v) is 5.70. The van der Waals surface area contributed by atoms with Crippen LogP contribution in [0.1, 0.15) is 13.8 Å². The van der Waals surface area contributed by atoms with E-state index in [1.165, 1.54) is 0 Å². The molecule has 0 aliphatic carbocycles. The fraction of sp³-hybridized carbons (Fsp3) is 0.800. The molecule has 0 saturated carbocycles.